The molecule has 1 aliphatic heterocycles. The molecule has 0 bridgehead atoms. The number of unbranched alkanes of at least 4 members (excludes halogenated alkanes) is 5. The second-order valence-electron chi connectivity index (χ2n) is 11.5. The molecule has 49 heavy (non-hydrogen) atoms. The van der Waals surface area contributed by atoms with Gasteiger partial charge in [0.05, 0.1) is 15.7 Å². The van der Waals surface area contributed by atoms with Crippen LogP contribution in [0.4, 0.5) is 22.0 Å². The highest BCUT2D eigenvalue weighted by Gasteiger charge is 2.41. The van der Waals surface area contributed by atoms with Crippen molar-refractivity contribution in [2.45, 2.75) is 62.2 Å². The number of alkyl halides is 3. The number of halogens is 6. The minimum absolute atomic E-state index is 0.0498. The van der Waals surface area contributed by atoms with Gasteiger partial charge in [0.2, 0.25) is 6.86 Å². The molecule has 4 aromatic rings. The molecule has 1 aromatic heterocycles. The van der Waals surface area contributed by atoms with Gasteiger partial charge in [-0.1, -0.05) is 74.9 Å². The molecule has 0 aliphatic carbocycles. The van der Waals surface area contributed by atoms with Crippen LogP contribution in [0.2, 0.25) is 5.02 Å². The highest BCUT2D eigenvalue weighted by Crippen LogP contribution is 2.44. The van der Waals surface area contributed by atoms with Gasteiger partial charge in [-0.3, -0.25) is 0 Å². The summed E-state index contributed by atoms with van der Waals surface area (Å²) in [6, 6.07) is 11.3. The molecule has 0 saturated carbocycles. The van der Waals surface area contributed by atoms with E-state index in [9.17, 15) is 22.0 Å². The van der Waals surface area contributed by atoms with Crippen molar-refractivity contribution >= 4 is 35.1 Å². The Balaban J connectivity index is 1.16. The third kappa shape index (κ3) is 10.0. The first kappa shape index (κ1) is 37.2. The molecule has 3 aromatic carbocycles. The lowest BCUT2D eigenvalue weighted by atomic mass is 10.0. The molecular weight excluding hydrogens is 703 g/mol. The zero-order valence-electron chi connectivity index (χ0n) is 26.8. The predicted molar refractivity (Wildman–Crippen MR) is 186 cm³/mol. The Morgan fingerprint density at radius 3 is 2.10 bits per heavy atom. The first-order chi connectivity index (χ1) is 23.7. The van der Waals surface area contributed by atoms with E-state index in [1.807, 2.05) is 35.9 Å². The van der Waals surface area contributed by atoms with Gasteiger partial charge in [-0.2, -0.15) is 8.78 Å². The van der Waals surface area contributed by atoms with Crippen LogP contribution in [-0.4, -0.2) is 41.0 Å². The largest absolute Gasteiger partial charge is 0.461 e. The second-order valence-corrected chi connectivity index (χ2v) is 14.4. The van der Waals surface area contributed by atoms with Crippen molar-refractivity contribution in [1.29, 1.82) is 0 Å². The van der Waals surface area contributed by atoms with Gasteiger partial charge in [0, 0.05) is 47.7 Å². The number of hydrogen-bond acceptors (Lipinski definition) is 7. The summed E-state index contributed by atoms with van der Waals surface area (Å²) in [6.07, 6.45) is 6.95. The van der Waals surface area contributed by atoms with Crippen LogP contribution in [0.5, 0.6) is 11.5 Å². The maximum absolute atomic E-state index is 15.0. The van der Waals surface area contributed by atoms with E-state index in [0.29, 0.717) is 17.0 Å². The first-order valence-electron chi connectivity index (χ1n) is 16.0. The summed E-state index contributed by atoms with van der Waals surface area (Å²) in [4.78, 5) is 9.08. The lowest BCUT2D eigenvalue weighted by Gasteiger charge is -2.27. The Hall–Kier alpha value is -3.06. The summed E-state index contributed by atoms with van der Waals surface area (Å²) >= 11 is 9.54. The average Bonchev–Trinajstić information content (AvgIpc) is 3.09. The van der Waals surface area contributed by atoms with Crippen molar-refractivity contribution in [3.05, 3.63) is 94.8 Å². The van der Waals surface area contributed by atoms with Crippen LogP contribution in [-0.2, 0) is 10.8 Å². The lowest BCUT2D eigenvalue weighted by molar-refractivity contribution is -0.189. The van der Waals surface area contributed by atoms with Gasteiger partial charge < -0.3 is 14.2 Å². The van der Waals surface area contributed by atoms with Gasteiger partial charge in [-0.05, 0) is 41.8 Å². The molecule has 1 fully saturated rings. The van der Waals surface area contributed by atoms with Gasteiger partial charge in [0.1, 0.15) is 28.7 Å². The normalized spacial score (nSPS) is 16.5. The predicted octanol–water partition coefficient (Wildman–Crippen LogP) is 11.4. The average molecular weight is 739 g/mol. The number of nitrogens with zero attached hydrogens (tertiary/aromatic N) is 2. The van der Waals surface area contributed by atoms with Crippen molar-refractivity contribution in [3.63, 3.8) is 0 Å². The van der Waals surface area contributed by atoms with E-state index in [0.717, 1.165) is 60.4 Å². The Bertz CT molecular complexity index is 1640. The Kier molecular flexibility index (Phi) is 13.5. The van der Waals surface area contributed by atoms with Crippen LogP contribution in [0.25, 0.3) is 22.5 Å². The number of rotatable bonds is 16. The molecular formula is C36H36ClF5N2O3S2. The van der Waals surface area contributed by atoms with Gasteiger partial charge in [-0.25, -0.2) is 23.1 Å². The molecule has 1 saturated heterocycles. The van der Waals surface area contributed by atoms with Crippen LogP contribution in [0.15, 0.2) is 67.0 Å². The molecule has 0 radical (unpaired) electrons. The highest BCUT2D eigenvalue weighted by atomic mass is 35.5. The second kappa shape index (κ2) is 17.7. The molecule has 0 atom stereocenters. The van der Waals surface area contributed by atoms with Crippen LogP contribution >= 0.6 is 35.1 Å². The molecule has 2 heterocycles. The Morgan fingerprint density at radius 2 is 1.47 bits per heavy atom. The fraction of sp³-hybridized carbons (Fsp3) is 0.389. The molecule has 5 rings (SSSR count). The summed E-state index contributed by atoms with van der Waals surface area (Å²) in [5.74, 6) is -1.28. The van der Waals surface area contributed by atoms with Gasteiger partial charge in [0.15, 0.2) is 5.82 Å². The zero-order valence-corrected chi connectivity index (χ0v) is 29.2. The van der Waals surface area contributed by atoms with E-state index in [1.165, 1.54) is 32.1 Å². The van der Waals surface area contributed by atoms with Crippen molar-refractivity contribution < 1.29 is 36.2 Å². The maximum atomic E-state index is 15.0. The summed E-state index contributed by atoms with van der Waals surface area (Å²) in [7, 11) is 0. The van der Waals surface area contributed by atoms with E-state index in [2.05, 4.69) is 26.4 Å². The number of aromatic nitrogens is 2. The van der Waals surface area contributed by atoms with Crippen LogP contribution < -0.4 is 9.47 Å². The fourth-order valence-electron chi connectivity index (χ4n) is 5.27. The SMILES string of the molecule is CCCCCCCCOC1CSC(c2cnc(-c3ccc(-c4cc(F)c(C(F)(F)Oc5ccc(OCF)c(Cl)c5)c(F)c4)cc3)nc2)SC1. The third-order valence-corrected chi connectivity index (χ3v) is 11.2. The number of thioether (sulfide) groups is 2. The molecule has 5 nitrogen and oxygen atoms in total. The van der Waals surface area contributed by atoms with Crippen molar-refractivity contribution in [1.82, 2.24) is 9.97 Å². The molecule has 262 valence electrons. The summed E-state index contributed by atoms with van der Waals surface area (Å²) in [5, 5.41) is -0.216. The number of ether oxygens (including phenoxy) is 3. The Morgan fingerprint density at radius 1 is 0.837 bits per heavy atom. The summed E-state index contributed by atoms with van der Waals surface area (Å²) in [5.41, 5.74) is 0.581. The quantitative estimate of drug-likeness (QED) is 0.0838. The molecule has 0 N–H and O–H groups in total. The van der Waals surface area contributed by atoms with Gasteiger partial charge in [0.25, 0.3) is 0 Å². The minimum Gasteiger partial charge on any atom is -0.461 e. The van der Waals surface area contributed by atoms with Crippen molar-refractivity contribution in [3.8, 4) is 34.0 Å². The molecule has 1 aliphatic rings. The Labute approximate surface area is 296 Å². The van der Waals surface area contributed by atoms with Gasteiger partial charge >= 0.3 is 6.11 Å². The molecule has 13 heteroatoms. The van der Waals surface area contributed by atoms with Crippen molar-refractivity contribution in [2.75, 3.05) is 25.0 Å². The van der Waals surface area contributed by atoms with E-state index in [-0.39, 0.29) is 27.0 Å². The fourth-order valence-corrected chi connectivity index (χ4v) is 8.33. The van der Waals surface area contributed by atoms with E-state index < -0.39 is 35.9 Å². The first-order valence-corrected chi connectivity index (χ1v) is 18.5. The van der Waals surface area contributed by atoms with Gasteiger partial charge in [-0.15, -0.1) is 23.5 Å². The number of hydrogen-bond donors (Lipinski definition) is 0. The van der Waals surface area contributed by atoms with Crippen LogP contribution in [0, 0.1) is 11.6 Å². The zero-order chi connectivity index (χ0) is 34.8. The number of benzene rings is 3. The highest BCUT2D eigenvalue weighted by molar-refractivity contribution is 8.17. The van der Waals surface area contributed by atoms with Crippen molar-refractivity contribution in [2.24, 2.45) is 0 Å². The summed E-state index contributed by atoms with van der Waals surface area (Å²) < 4.78 is 87.7. The smallest absolute Gasteiger partial charge is 0.432 e. The molecule has 0 amide bonds. The lowest BCUT2D eigenvalue weighted by Crippen LogP contribution is -2.25. The standard InChI is InChI=1S/C36H36ClF5N2O3S2/c1-2-3-4-5-6-7-14-45-28-20-48-35(49-21-28)26-18-43-34(44-19-26)24-10-8-23(9-11-24)25-15-30(39)33(31(40)16-25)36(41,42)47-27-12-13-32(46-22-38)29(37)17-27/h8-13,15-19,28,35H,2-7,14,20-22H2,1H3. The molecule has 0 unspecified atom stereocenters. The van der Waals surface area contributed by atoms with E-state index in [4.69, 9.17) is 16.3 Å². The van der Waals surface area contributed by atoms with Crippen LogP contribution in [0.3, 0.4) is 0 Å². The van der Waals surface area contributed by atoms with Crippen LogP contribution in [0.1, 0.15) is 61.2 Å². The minimum atomic E-state index is -4.39. The topological polar surface area (TPSA) is 53.5 Å². The third-order valence-electron chi connectivity index (χ3n) is 7.83. The maximum Gasteiger partial charge on any atom is 0.432 e. The van der Waals surface area contributed by atoms with E-state index >= 15 is 0 Å². The summed E-state index contributed by atoms with van der Waals surface area (Å²) in [6.45, 7) is 1.85. The monoisotopic (exact) mass is 738 g/mol. The molecule has 0 spiro atoms. The van der Waals surface area contributed by atoms with E-state index in [1.54, 1.807) is 24.3 Å².